The molecule has 0 aliphatic rings. The van der Waals surface area contributed by atoms with E-state index >= 15 is 0 Å². The second-order valence-electron chi connectivity index (χ2n) is 13.2. The standard InChI is InChI=1S/C45H44N2/c1-33(35-18-8-6-9-19-35)17-12-13-22-37(36-20-10-7-11-21-36)28-27-34(2)46-40-24-16-23-38(31-40)39-29-30-44-42(32-39)41-25-14-15-26-43(41)47(44)45(3,4)5/h6-12,14-32,34,46H,1,13H2,2-5H3/b17-12-,28-27-,37-22+. The minimum Gasteiger partial charge on any atom is -0.379 e. The first-order valence-electron chi connectivity index (χ1n) is 16.5. The maximum absolute atomic E-state index is 4.23. The van der Waals surface area contributed by atoms with Crippen LogP contribution in [0.3, 0.4) is 0 Å². The topological polar surface area (TPSA) is 17.0 Å². The number of benzene rings is 5. The van der Waals surface area contributed by atoms with Gasteiger partial charge in [0.2, 0.25) is 0 Å². The lowest BCUT2D eigenvalue weighted by atomic mass is 10.0. The Morgan fingerprint density at radius 2 is 1.36 bits per heavy atom. The Morgan fingerprint density at radius 1 is 0.702 bits per heavy atom. The predicted octanol–water partition coefficient (Wildman–Crippen LogP) is 12.3. The predicted molar refractivity (Wildman–Crippen MR) is 206 cm³/mol. The van der Waals surface area contributed by atoms with Crippen LogP contribution in [0.25, 0.3) is 44.1 Å². The van der Waals surface area contributed by atoms with Crippen molar-refractivity contribution in [3.63, 3.8) is 0 Å². The maximum Gasteiger partial charge on any atom is 0.0496 e. The zero-order valence-corrected chi connectivity index (χ0v) is 27.9. The molecule has 0 saturated carbocycles. The van der Waals surface area contributed by atoms with Crippen molar-refractivity contribution in [3.05, 3.63) is 175 Å². The van der Waals surface area contributed by atoms with Crippen LogP contribution in [0.1, 0.15) is 45.2 Å². The number of hydrogen-bond acceptors (Lipinski definition) is 1. The molecule has 6 rings (SSSR count). The van der Waals surface area contributed by atoms with E-state index in [1.54, 1.807) is 0 Å². The number of rotatable bonds is 10. The van der Waals surface area contributed by atoms with Gasteiger partial charge in [-0.25, -0.2) is 0 Å². The van der Waals surface area contributed by atoms with Crippen molar-refractivity contribution >= 4 is 38.6 Å². The molecule has 0 radical (unpaired) electrons. The molecule has 1 unspecified atom stereocenters. The molecular formula is C45H44N2. The monoisotopic (exact) mass is 612 g/mol. The van der Waals surface area contributed by atoms with Crippen LogP contribution in [0.4, 0.5) is 5.69 Å². The van der Waals surface area contributed by atoms with Crippen molar-refractivity contribution in [1.82, 2.24) is 4.57 Å². The van der Waals surface area contributed by atoms with Crippen LogP contribution in [-0.2, 0) is 5.54 Å². The van der Waals surface area contributed by atoms with Crippen molar-refractivity contribution in [2.24, 2.45) is 0 Å². The van der Waals surface area contributed by atoms with Gasteiger partial charge in [0, 0.05) is 39.1 Å². The van der Waals surface area contributed by atoms with Crippen molar-refractivity contribution in [2.75, 3.05) is 5.32 Å². The summed E-state index contributed by atoms with van der Waals surface area (Å²) in [5.41, 5.74) is 10.6. The summed E-state index contributed by atoms with van der Waals surface area (Å²) in [6.45, 7) is 13.3. The van der Waals surface area contributed by atoms with Gasteiger partial charge in [-0.1, -0.05) is 134 Å². The highest BCUT2D eigenvalue weighted by Crippen LogP contribution is 2.36. The van der Waals surface area contributed by atoms with E-state index in [1.165, 1.54) is 44.1 Å². The molecule has 1 heterocycles. The molecule has 2 nitrogen and oxygen atoms in total. The lowest BCUT2D eigenvalue weighted by Gasteiger charge is -2.24. The fourth-order valence-electron chi connectivity index (χ4n) is 6.29. The molecule has 2 heteroatoms. The molecule has 6 aromatic rings. The zero-order valence-electron chi connectivity index (χ0n) is 27.9. The summed E-state index contributed by atoms with van der Waals surface area (Å²) in [6.07, 6.45) is 11.9. The van der Waals surface area contributed by atoms with Gasteiger partial charge in [0.15, 0.2) is 0 Å². The van der Waals surface area contributed by atoms with Crippen molar-refractivity contribution in [2.45, 2.75) is 45.7 Å². The Hall–Kier alpha value is -5.34. The lowest BCUT2D eigenvalue weighted by molar-refractivity contribution is 0.423. The molecule has 0 bridgehead atoms. The number of nitrogens with one attached hydrogen (secondary N) is 1. The summed E-state index contributed by atoms with van der Waals surface area (Å²) < 4.78 is 2.46. The Bertz CT molecular complexity index is 2080. The summed E-state index contributed by atoms with van der Waals surface area (Å²) in [5, 5.41) is 6.30. The van der Waals surface area contributed by atoms with E-state index in [2.05, 4.69) is 184 Å². The molecule has 0 aliphatic carbocycles. The van der Waals surface area contributed by atoms with Gasteiger partial charge < -0.3 is 9.88 Å². The molecule has 0 spiro atoms. The minimum absolute atomic E-state index is 0.0138. The summed E-state index contributed by atoms with van der Waals surface area (Å²) in [7, 11) is 0. The van der Waals surface area contributed by atoms with E-state index in [1.807, 2.05) is 18.2 Å². The summed E-state index contributed by atoms with van der Waals surface area (Å²) in [5.74, 6) is 0. The Morgan fingerprint density at radius 3 is 2.11 bits per heavy atom. The fraction of sp³-hybridized carbons (Fsp3) is 0.156. The molecule has 5 aromatic carbocycles. The smallest absolute Gasteiger partial charge is 0.0496 e. The van der Waals surface area contributed by atoms with Gasteiger partial charge in [-0.15, -0.1) is 0 Å². The average molecular weight is 613 g/mol. The molecule has 0 fully saturated rings. The third-order valence-corrected chi connectivity index (χ3v) is 8.54. The third kappa shape index (κ3) is 7.39. The minimum atomic E-state index is -0.0138. The fourth-order valence-corrected chi connectivity index (χ4v) is 6.29. The van der Waals surface area contributed by atoms with Gasteiger partial charge in [0.05, 0.1) is 0 Å². The Balaban J connectivity index is 1.20. The highest BCUT2D eigenvalue weighted by Gasteiger charge is 2.20. The largest absolute Gasteiger partial charge is 0.379 e. The van der Waals surface area contributed by atoms with Crippen LogP contribution in [0.5, 0.6) is 0 Å². The molecule has 0 aliphatic heterocycles. The lowest BCUT2D eigenvalue weighted by Crippen LogP contribution is -2.21. The normalized spacial score (nSPS) is 13.1. The van der Waals surface area contributed by atoms with Gasteiger partial charge in [0.1, 0.15) is 0 Å². The molecule has 1 aromatic heterocycles. The van der Waals surface area contributed by atoms with Gasteiger partial charge >= 0.3 is 0 Å². The quantitative estimate of drug-likeness (QED) is 0.152. The first-order chi connectivity index (χ1) is 22.8. The number of para-hydroxylation sites is 1. The maximum atomic E-state index is 4.23. The zero-order chi connectivity index (χ0) is 32.8. The second kappa shape index (κ2) is 14.0. The van der Waals surface area contributed by atoms with E-state index < -0.39 is 0 Å². The molecule has 234 valence electrons. The first-order valence-corrected chi connectivity index (χ1v) is 16.5. The van der Waals surface area contributed by atoms with Gasteiger partial charge in [-0.2, -0.15) is 0 Å². The van der Waals surface area contributed by atoms with E-state index in [-0.39, 0.29) is 11.6 Å². The van der Waals surface area contributed by atoms with Gasteiger partial charge in [-0.3, -0.25) is 0 Å². The highest BCUT2D eigenvalue weighted by atomic mass is 15.0. The number of fused-ring (bicyclic) bond motifs is 3. The summed E-state index contributed by atoms with van der Waals surface area (Å²) >= 11 is 0. The van der Waals surface area contributed by atoms with E-state index in [0.29, 0.717) is 0 Å². The molecule has 1 atom stereocenters. The van der Waals surface area contributed by atoms with E-state index in [4.69, 9.17) is 0 Å². The van der Waals surface area contributed by atoms with Crippen LogP contribution in [0.15, 0.2) is 164 Å². The average Bonchev–Trinajstić information content (AvgIpc) is 3.43. The summed E-state index contributed by atoms with van der Waals surface area (Å²) in [4.78, 5) is 0. The first kappa shape index (κ1) is 31.6. The third-order valence-electron chi connectivity index (χ3n) is 8.54. The van der Waals surface area contributed by atoms with Crippen LogP contribution < -0.4 is 5.32 Å². The number of aromatic nitrogens is 1. The molecule has 0 amide bonds. The Labute approximate surface area is 280 Å². The van der Waals surface area contributed by atoms with Crippen molar-refractivity contribution in [1.29, 1.82) is 0 Å². The Kier molecular flexibility index (Phi) is 9.40. The second-order valence-corrected chi connectivity index (χ2v) is 13.2. The molecule has 47 heavy (non-hydrogen) atoms. The van der Waals surface area contributed by atoms with Crippen LogP contribution in [0.2, 0.25) is 0 Å². The molecule has 0 saturated heterocycles. The van der Waals surface area contributed by atoms with E-state index in [0.717, 1.165) is 23.2 Å². The van der Waals surface area contributed by atoms with Gasteiger partial charge in [0.25, 0.3) is 0 Å². The SMILES string of the molecule is C=C(/C=C\C/C=C(\C=C/C(C)Nc1cccc(-c2ccc3c(c2)c2ccccc2n3C(C)(C)C)c1)c1ccccc1)c1ccccc1. The number of anilines is 1. The van der Waals surface area contributed by atoms with Crippen molar-refractivity contribution < 1.29 is 0 Å². The van der Waals surface area contributed by atoms with E-state index in [9.17, 15) is 0 Å². The van der Waals surface area contributed by atoms with Crippen LogP contribution in [0, 0.1) is 0 Å². The molecular weight excluding hydrogens is 569 g/mol. The number of nitrogens with zero attached hydrogens (tertiary/aromatic N) is 1. The molecule has 1 N–H and O–H groups in total. The summed E-state index contributed by atoms with van der Waals surface area (Å²) in [6, 6.07) is 45.4. The highest BCUT2D eigenvalue weighted by molar-refractivity contribution is 6.09. The van der Waals surface area contributed by atoms with Crippen LogP contribution >= 0.6 is 0 Å². The van der Waals surface area contributed by atoms with Gasteiger partial charge in [-0.05, 0) is 97.8 Å². The van der Waals surface area contributed by atoms with Crippen LogP contribution in [-0.4, -0.2) is 10.6 Å². The number of hydrogen-bond donors (Lipinski definition) is 1. The number of allylic oxidation sites excluding steroid dienone is 6. The van der Waals surface area contributed by atoms with Crippen molar-refractivity contribution in [3.8, 4) is 11.1 Å².